The zero-order valence-corrected chi connectivity index (χ0v) is 12.8. The van der Waals surface area contributed by atoms with Gasteiger partial charge in [-0.2, -0.15) is 0 Å². The van der Waals surface area contributed by atoms with Crippen LogP contribution in [0.4, 0.5) is 0 Å². The zero-order chi connectivity index (χ0) is 16.2. The van der Waals surface area contributed by atoms with E-state index in [-0.39, 0.29) is 0 Å². The van der Waals surface area contributed by atoms with E-state index in [0.29, 0.717) is 12.3 Å². The molecular formula is C18H24O4. The fraction of sp³-hybridized carbons (Fsp3) is 0.444. The highest BCUT2D eigenvalue weighted by Gasteiger charge is 2.13. The van der Waals surface area contributed by atoms with Crippen LogP contribution >= 0.6 is 0 Å². The number of carbonyl (C=O) groups is 2. The van der Waals surface area contributed by atoms with E-state index in [4.69, 9.17) is 10.2 Å². The van der Waals surface area contributed by atoms with Gasteiger partial charge >= 0.3 is 11.9 Å². The van der Waals surface area contributed by atoms with Crippen LogP contribution in [-0.4, -0.2) is 22.2 Å². The van der Waals surface area contributed by atoms with Crippen molar-refractivity contribution in [1.29, 1.82) is 0 Å². The van der Waals surface area contributed by atoms with E-state index < -0.39 is 11.9 Å². The molecule has 4 nitrogen and oxygen atoms in total. The molecule has 2 N–H and O–H groups in total. The Bertz CT molecular complexity index is 473. The predicted octanol–water partition coefficient (Wildman–Crippen LogP) is 4.22. The van der Waals surface area contributed by atoms with Gasteiger partial charge in [0.15, 0.2) is 0 Å². The minimum atomic E-state index is -0.922. The second-order valence-corrected chi connectivity index (χ2v) is 5.52. The molecule has 0 saturated heterocycles. The summed E-state index contributed by atoms with van der Waals surface area (Å²) in [7, 11) is 0. The molecule has 0 atom stereocenters. The Kier molecular flexibility index (Phi) is 8.65. The number of hydrogen-bond donors (Lipinski definition) is 2. The van der Waals surface area contributed by atoms with Crippen LogP contribution in [0.5, 0.6) is 0 Å². The molecule has 0 unspecified atom stereocenters. The zero-order valence-electron chi connectivity index (χ0n) is 12.8. The van der Waals surface area contributed by atoms with Crippen LogP contribution in [0.3, 0.4) is 0 Å². The fourth-order valence-corrected chi connectivity index (χ4v) is 2.54. The molecule has 0 aromatic heterocycles. The lowest BCUT2D eigenvalue weighted by atomic mass is 9.86. The normalized spacial score (nSPS) is 15.1. The number of aliphatic carboxylic acids is 2. The van der Waals surface area contributed by atoms with Gasteiger partial charge in [0.1, 0.15) is 0 Å². The standard InChI is InChI=1S/C9H16O2.C9H8O2/c2*10-9(11)7-6-8-4-2-1-3-5-8/h8H,1-7H2,(H,10,11);1-7H,(H,10,11)/b;7-6+. The van der Waals surface area contributed by atoms with Crippen LogP contribution in [0.2, 0.25) is 0 Å². The highest BCUT2D eigenvalue weighted by Crippen LogP contribution is 2.26. The molecule has 22 heavy (non-hydrogen) atoms. The molecule has 1 aromatic carbocycles. The number of benzene rings is 1. The van der Waals surface area contributed by atoms with Crippen molar-refractivity contribution in [3.05, 3.63) is 42.0 Å². The Morgan fingerprint density at radius 3 is 2.23 bits per heavy atom. The molecule has 0 heterocycles. The van der Waals surface area contributed by atoms with Crippen molar-refractivity contribution in [2.75, 3.05) is 0 Å². The second-order valence-electron chi connectivity index (χ2n) is 5.52. The smallest absolute Gasteiger partial charge is 0.328 e. The van der Waals surface area contributed by atoms with Gasteiger partial charge in [0.05, 0.1) is 0 Å². The molecule has 2 rings (SSSR count). The number of carboxylic acids is 2. The third-order valence-corrected chi connectivity index (χ3v) is 3.71. The highest BCUT2D eigenvalue weighted by atomic mass is 16.4. The fourth-order valence-electron chi connectivity index (χ4n) is 2.54. The van der Waals surface area contributed by atoms with Crippen LogP contribution in [0.25, 0.3) is 6.08 Å². The lowest BCUT2D eigenvalue weighted by Crippen LogP contribution is -2.08. The van der Waals surface area contributed by atoms with Crippen molar-refractivity contribution in [3.8, 4) is 0 Å². The van der Waals surface area contributed by atoms with Gasteiger partial charge in [-0.1, -0.05) is 62.4 Å². The molecule has 120 valence electrons. The van der Waals surface area contributed by atoms with Crippen molar-refractivity contribution in [3.63, 3.8) is 0 Å². The largest absolute Gasteiger partial charge is 0.481 e. The van der Waals surface area contributed by atoms with E-state index in [1.807, 2.05) is 30.3 Å². The van der Waals surface area contributed by atoms with Crippen LogP contribution in [0, 0.1) is 5.92 Å². The summed E-state index contributed by atoms with van der Waals surface area (Å²) >= 11 is 0. The summed E-state index contributed by atoms with van der Waals surface area (Å²) in [6.07, 6.45) is 10.4. The van der Waals surface area contributed by atoms with Crippen molar-refractivity contribution in [2.24, 2.45) is 5.92 Å². The van der Waals surface area contributed by atoms with Crippen LogP contribution < -0.4 is 0 Å². The molecule has 0 amide bonds. The number of hydrogen-bond acceptors (Lipinski definition) is 2. The van der Waals surface area contributed by atoms with Crippen molar-refractivity contribution in [1.82, 2.24) is 0 Å². The summed E-state index contributed by atoms with van der Waals surface area (Å²) < 4.78 is 0. The molecule has 4 heteroatoms. The first kappa shape index (κ1) is 18.0. The first-order chi connectivity index (χ1) is 10.6. The van der Waals surface area contributed by atoms with Crippen molar-refractivity contribution >= 4 is 18.0 Å². The van der Waals surface area contributed by atoms with Crippen LogP contribution in [-0.2, 0) is 9.59 Å². The highest BCUT2D eigenvalue weighted by molar-refractivity contribution is 5.85. The van der Waals surface area contributed by atoms with Crippen molar-refractivity contribution in [2.45, 2.75) is 44.9 Å². The Morgan fingerprint density at radius 1 is 1.05 bits per heavy atom. The van der Waals surface area contributed by atoms with Gasteiger partial charge in [-0.25, -0.2) is 4.79 Å². The van der Waals surface area contributed by atoms with E-state index in [9.17, 15) is 9.59 Å². The molecule has 0 radical (unpaired) electrons. The van der Waals surface area contributed by atoms with E-state index in [2.05, 4.69) is 0 Å². The van der Waals surface area contributed by atoms with E-state index in [1.54, 1.807) is 6.08 Å². The number of rotatable bonds is 5. The van der Waals surface area contributed by atoms with Gasteiger partial charge in [0.2, 0.25) is 0 Å². The lowest BCUT2D eigenvalue weighted by molar-refractivity contribution is -0.137. The molecule has 0 spiro atoms. The topological polar surface area (TPSA) is 74.6 Å². The summed E-state index contributed by atoms with van der Waals surface area (Å²) in [6, 6.07) is 9.31. The molecular weight excluding hydrogens is 280 g/mol. The number of carboxylic acid groups (broad SMARTS) is 2. The maximum absolute atomic E-state index is 10.2. The van der Waals surface area contributed by atoms with Gasteiger partial charge in [-0.15, -0.1) is 0 Å². The summed E-state index contributed by atoms with van der Waals surface area (Å²) in [5.74, 6) is -0.857. The second kappa shape index (κ2) is 10.6. The molecule has 1 aromatic rings. The first-order valence-electron chi connectivity index (χ1n) is 7.76. The minimum Gasteiger partial charge on any atom is -0.481 e. The molecule has 0 aliphatic heterocycles. The lowest BCUT2D eigenvalue weighted by Gasteiger charge is -2.20. The van der Waals surface area contributed by atoms with Gasteiger partial charge in [0.25, 0.3) is 0 Å². The van der Waals surface area contributed by atoms with Crippen LogP contribution in [0.15, 0.2) is 36.4 Å². The molecule has 1 fully saturated rings. The van der Waals surface area contributed by atoms with Gasteiger partial charge in [0, 0.05) is 12.5 Å². The van der Waals surface area contributed by atoms with E-state index >= 15 is 0 Å². The van der Waals surface area contributed by atoms with Crippen LogP contribution in [0.1, 0.15) is 50.5 Å². The Hall–Kier alpha value is -2.10. The molecule has 1 aliphatic rings. The van der Waals surface area contributed by atoms with Gasteiger partial charge in [-0.3, -0.25) is 4.79 Å². The molecule has 0 bridgehead atoms. The first-order valence-corrected chi connectivity index (χ1v) is 7.76. The predicted molar refractivity (Wildman–Crippen MR) is 86.6 cm³/mol. The SMILES string of the molecule is O=C(O)/C=C/c1ccccc1.O=C(O)CCC1CCCCC1. The summed E-state index contributed by atoms with van der Waals surface area (Å²) in [5.41, 5.74) is 0.898. The summed E-state index contributed by atoms with van der Waals surface area (Å²) in [6.45, 7) is 0. The monoisotopic (exact) mass is 304 g/mol. The maximum Gasteiger partial charge on any atom is 0.328 e. The van der Waals surface area contributed by atoms with Gasteiger partial charge in [-0.05, 0) is 24.0 Å². The Morgan fingerprint density at radius 2 is 1.68 bits per heavy atom. The van der Waals surface area contributed by atoms with Crippen molar-refractivity contribution < 1.29 is 19.8 Å². The average Bonchev–Trinajstić information content (AvgIpc) is 2.53. The Labute approximate surface area is 131 Å². The quantitative estimate of drug-likeness (QED) is 0.799. The Balaban J connectivity index is 0.000000220. The minimum absolute atomic E-state index is 0.366. The van der Waals surface area contributed by atoms with E-state index in [1.165, 1.54) is 32.1 Å². The maximum atomic E-state index is 10.2. The summed E-state index contributed by atoms with van der Waals surface area (Å²) in [5, 5.41) is 16.7. The third kappa shape index (κ3) is 8.95. The third-order valence-electron chi connectivity index (χ3n) is 3.71. The molecule has 1 saturated carbocycles. The average molecular weight is 304 g/mol. The van der Waals surface area contributed by atoms with Gasteiger partial charge < -0.3 is 10.2 Å². The molecule has 1 aliphatic carbocycles. The van der Waals surface area contributed by atoms with E-state index in [0.717, 1.165) is 18.1 Å². The summed E-state index contributed by atoms with van der Waals surface area (Å²) in [4.78, 5) is 20.3.